The molecule has 0 saturated heterocycles. The Hall–Kier alpha value is -2.82. The van der Waals surface area contributed by atoms with Crippen LogP contribution in [0.5, 0.6) is 0 Å². The van der Waals surface area contributed by atoms with Crippen molar-refractivity contribution in [2.24, 2.45) is 0 Å². The van der Waals surface area contributed by atoms with Gasteiger partial charge in [-0.05, 0) is 103 Å². The molecule has 2 amide bonds. The van der Waals surface area contributed by atoms with Gasteiger partial charge in [0.1, 0.15) is 0 Å². The van der Waals surface area contributed by atoms with Crippen LogP contribution in [0.1, 0.15) is 72.3 Å². The second-order valence-electron chi connectivity index (χ2n) is 19.1. The SMILES string of the molecule is CCCC(CC[C@@H]1CN(C)Cc2c(Cl)cc(Cl)cc21)S(=O)(=O)NCCOCCOCCOCCNC(=O)[C@H](O)[C@@H](O)C(=O)NCCOCCOCCOCCNS(=O)(=O)c1cccc([C@@H]2CN(C)Cc3c(Cl)cc(Cl)cc32)c1. The van der Waals surface area contributed by atoms with E-state index in [4.69, 9.17) is 74.8 Å². The highest BCUT2D eigenvalue weighted by Crippen LogP contribution is 2.40. The van der Waals surface area contributed by atoms with Crippen LogP contribution in [0, 0.1) is 0 Å². The van der Waals surface area contributed by atoms with Crippen molar-refractivity contribution in [1.29, 1.82) is 0 Å². The molecule has 3 aromatic rings. The van der Waals surface area contributed by atoms with Crippen molar-refractivity contribution in [3.05, 3.63) is 96.4 Å². The molecule has 26 heteroatoms. The summed E-state index contributed by atoms with van der Waals surface area (Å²) in [6.45, 7) is 7.21. The molecule has 2 aliphatic rings. The van der Waals surface area contributed by atoms with Crippen LogP contribution in [-0.2, 0) is 71.1 Å². The molecule has 0 fully saturated rings. The minimum absolute atomic E-state index is 0.000720. The van der Waals surface area contributed by atoms with Gasteiger partial charge in [-0.3, -0.25) is 9.59 Å². The van der Waals surface area contributed by atoms with Crippen LogP contribution >= 0.6 is 46.4 Å². The zero-order chi connectivity index (χ0) is 56.7. The van der Waals surface area contributed by atoms with Crippen LogP contribution < -0.4 is 20.1 Å². The summed E-state index contributed by atoms with van der Waals surface area (Å²) in [6.07, 6.45) is -1.57. The molecule has 0 aromatic heterocycles. The quantitative estimate of drug-likeness (QED) is 0.0440. The van der Waals surface area contributed by atoms with Crippen molar-refractivity contribution < 1.29 is 65.1 Å². The van der Waals surface area contributed by atoms with E-state index in [0.717, 1.165) is 47.3 Å². The van der Waals surface area contributed by atoms with E-state index in [0.29, 0.717) is 52.4 Å². The summed E-state index contributed by atoms with van der Waals surface area (Å²) in [6, 6.07) is 14.1. The Morgan fingerprint density at radius 3 is 1.60 bits per heavy atom. The maximum absolute atomic E-state index is 13.3. The van der Waals surface area contributed by atoms with Crippen LogP contribution in [0.25, 0.3) is 0 Å². The highest BCUT2D eigenvalue weighted by Gasteiger charge is 2.32. The van der Waals surface area contributed by atoms with E-state index in [1.54, 1.807) is 30.3 Å². The van der Waals surface area contributed by atoms with E-state index in [1.165, 1.54) is 0 Å². The molecule has 0 radical (unpaired) electrons. The first-order chi connectivity index (χ1) is 37.3. The number of hydrogen-bond acceptors (Lipinski definition) is 16. The van der Waals surface area contributed by atoms with Crippen molar-refractivity contribution in [3.63, 3.8) is 0 Å². The molecule has 0 saturated carbocycles. The Bertz CT molecular complexity index is 2590. The lowest BCUT2D eigenvalue weighted by molar-refractivity contribution is -0.146. The van der Waals surface area contributed by atoms with Crippen molar-refractivity contribution in [2.45, 2.75) is 79.9 Å². The normalized spacial score (nSPS) is 17.3. The first-order valence-corrected chi connectivity index (χ1v) is 30.6. The van der Waals surface area contributed by atoms with Gasteiger partial charge < -0.3 is 59.1 Å². The van der Waals surface area contributed by atoms with E-state index >= 15 is 0 Å². The number of aliphatic hydroxyl groups is 2. The number of hydrogen-bond donors (Lipinski definition) is 6. The Balaban J connectivity index is 0.807. The topological polar surface area (TPSA) is 253 Å². The summed E-state index contributed by atoms with van der Waals surface area (Å²) >= 11 is 25.7. The van der Waals surface area contributed by atoms with Gasteiger partial charge in [-0.1, -0.05) is 71.9 Å². The molecule has 6 N–H and O–H groups in total. The average Bonchev–Trinajstić information content (AvgIpc) is 3.39. The summed E-state index contributed by atoms with van der Waals surface area (Å²) in [4.78, 5) is 29.1. The Morgan fingerprint density at radius 1 is 0.615 bits per heavy atom. The number of rotatable bonds is 37. The summed E-state index contributed by atoms with van der Waals surface area (Å²) in [5.41, 5.74) is 4.93. The minimum Gasteiger partial charge on any atom is -0.380 e. The minimum atomic E-state index is -3.82. The van der Waals surface area contributed by atoms with Crippen LogP contribution in [0.4, 0.5) is 0 Å². The van der Waals surface area contributed by atoms with Gasteiger partial charge in [0.15, 0.2) is 12.2 Å². The van der Waals surface area contributed by atoms with Gasteiger partial charge in [0.25, 0.3) is 11.8 Å². The Morgan fingerprint density at radius 2 is 1.08 bits per heavy atom. The van der Waals surface area contributed by atoms with Crippen molar-refractivity contribution in [2.75, 3.05) is 133 Å². The number of nitrogens with zero attached hydrogens (tertiary/aromatic N) is 2. The smallest absolute Gasteiger partial charge is 0.252 e. The maximum atomic E-state index is 13.3. The lowest BCUT2D eigenvalue weighted by atomic mass is 9.85. The number of likely N-dealkylation sites (N-methyl/N-ethyl adjacent to an activating group) is 2. The lowest BCUT2D eigenvalue weighted by Gasteiger charge is -2.33. The highest BCUT2D eigenvalue weighted by molar-refractivity contribution is 7.90. The molecule has 0 bridgehead atoms. The number of benzene rings is 3. The fraction of sp³-hybridized carbons (Fsp3) is 0.615. The molecule has 5 atom stereocenters. The third-order valence-electron chi connectivity index (χ3n) is 13.0. The highest BCUT2D eigenvalue weighted by atomic mass is 35.5. The predicted octanol–water partition coefficient (Wildman–Crippen LogP) is 4.31. The van der Waals surface area contributed by atoms with Crippen molar-refractivity contribution >= 4 is 78.3 Å². The summed E-state index contributed by atoms with van der Waals surface area (Å²) in [5, 5.41) is 26.9. The van der Waals surface area contributed by atoms with E-state index in [-0.39, 0.29) is 122 Å². The van der Waals surface area contributed by atoms with Gasteiger partial charge in [-0.25, -0.2) is 26.3 Å². The van der Waals surface area contributed by atoms with E-state index < -0.39 is 49.3 Å². The number of fused-ring (bicyclic) bond motifs is 2. The fourth-order valence-electron chi connectivity index (χ4n) is 9.18. The Labute approximate surface area is 479 Å². The van der Waals surface area contributed by atoms with Crippen molar-refractivity contribution in [3.8, 4) is 0 Å². The van der Waals surface area contributed by atoms with Crippen LogP contribution in [0.15, 0.2) is 53.4 Å². The second-order valence-corrected chi connectivity index (χ2v) is 24.6. The third-order valence-corrected chi connectivity index (χ3v) is 17.6. The standard InChI is InChI=1S/C52H76Cl4N6O14S2/c1-4-6-40(10-9-37-32-61(2)34-45-42(37)28-38(53)30-47(45)55)77(67,68)59-13-17-73-21-25-75-23-19-71-15-11-57-51(65)49(63)50(64)52(66)58-12-16-72-20-24-76-26-22-74-18-14-60-78(69,70)41-8-5-7-36(27-41)44-33-62(3)35-46-43(44)29-39(54)31-48(46)56/h5,7-8,27-31,37,40,44,49-50,59-60,63-64H,4,6,9-26,32-35H2,1-3H3,(H,57,65)(H,58,66)/t37-,40?,44+,49-,50-/m1/s1. The summed E-state index contributed by atoms with van der Waals surface area (Å²) < 4.78 is 90.9. The zero-order valence-electron chi connectivity index (χ0n) is 44.5. The number of ether oxygens (including phenoxy) is 6. The average molecular weight is 1220 g/mol. The number of aliphatic hydroxyl groups excluding tert-OH is 2. The second kappa shape index (κ2) is 33.9. The number of halogens is 4. The van der Waals surface area contributed by atoms with Crippen molar-refractivity contribution in [1.82, 2.24) is 29.9 Å². The summed E-state index contributed by atoms with van der Waals surface area (Å²) in [7, 11) is -3.39. The predicted molar refractivity (Wildman–Crippen MR) is 300 cm³/mol. The van der Waals surface area contributed by atoms with Gasteiger partial charge in [0.05, 0.1) is 89.4 Å². The van der Waals surface area contributed by atoms with Crippen LogP contribution in [0.2, 0.25) is 20.1 Å². The van der Waals surface area contributed by atoms with Crippen LogP contribution in [-0.4, -0.2) is 199 Å². The van der Waals surface area contributed by atoms with E-state index in [9.17, 15) is 36.6 Å². The van der Waals surface area contributed by atoms with Gasteiger partial charge in [0, 0.05) is 78.4 Å². The van der Waals surface area contributed by atoms with Gasteiger partial charge in [0.2, 0.25) is 20.0 Å². The molecule has 1 unspecified atom stereocenters. The molecule has 78 heavy (non-hydrogen) atoms. The summed E-state index contributed by atoms with van der Waals surface area (Å²) in [5.74, 6) is -1.91. The molecular weight excluding hydrogens is 1140 g/mol. The van der Waals surface area contributed by atoms with Gasteiger partial charge in [-0.2, -0.15) is 0 Å². The molecule has 0 aliphatic carbocycles. The first kappa shape index (κ1) is 66.0. The number of carbonyl (C=O) groups is 2. The number of nitrogens with one attached hydrogen (secondary N) is 4. The zero-order valence-corrected chi connectivity index (χ0v) is 49.1. The number of sulfonamides is 2. The lowest BCUT2D eigenvalue weighted by Crippen LogP contribution is -2.50. The molecule has 3 aromatic carbocycles. The van der Waals surface area contributed by atoms with E-state index in [1.807, 2.05) is 39.2 Å². The third kappa shape index (κ3) is 21.5. The largest absolute Gasteiger partial charge is 0.380 e. The van der Waals surface area contributed by atoms with Gasteiger partial charge >= 0.3 is 0 Å². The monoisotopic (exact) mass is 1210 g/mol. The molecule has 0 spiro atoms. The fourth-order valence-corrected chi connectivity index (χ4v) is 13.0. The van der Waals surface area contributed by atoms with Crippen LogP contribution in [0.3, 0.4) is 0 Å². The molecular formula is C52H76Cl4N6O14S2. The Kier molecular flexibility index (Phi) is 28.7. The molecule has 438 valence electrons. The molecule has 5 rings (SSSR count). The van der Waals surface area contributed by atoms with E-state index in [2.05, 4.69) is 29.9 Å². The number of amides is 2. The molecule has 2 heterocycles. The molecule has 20 nitrogen and oxygen atoms in total. The van der Waals surface area contributed by atoms with Gasteiger partial charge in [-0.15, -0.1) is 0 Å². The maximum Gasteiger partial charge on any atom is 0.252 e. The molecule has 2 aliphatic heterocycles. The number of carbonyl (C=O) groups excluding carboxylic acids is 2. The first-order valence-electron chi connectivity index (χ1n) is 26.1.